The van der Waals surface area contributed by atoms with E-state index in [2.05, 4.69) is 10.6 Å². The zero-order chi connectivity index (χ0) is 17.0. The van der Waals surface area contributed by atoms with Gasteiger partial charge in [-0.2, -0.15) is 0 Å². The number of likely N-dealkylation sites (tertiary alicyclic amines) is 1. The Labute approximate surface area is 137 Å². The first-order chi connectivity index (χ1) is 10.8. The van der Waals surface area contributed by atoms with Crippen LogP contribution in [0.4, 0.5) is 10.5 Å². The standard InChI is InChI=1S/C17H25N3O3/c1-5-23-14-9-7-6-8-13(14)19-16(22)18-12-10-15(21)20(11-12)17(2,3)4/h6-9,12H,5,10-11H2,1-4H3,(H2,18,19,22). The van der Waals surface area contributed by atoms with Crippen LogP contribution in [0.15, 0.2) is 24.3 Å². The van der Waals surface area contributed by atoms with Crippen molar-refractivity contribution in [2.45, 2.75) is 45.7 Å². The Hall–Kier alpha value is -2.24. The zero-order valence-corrected chi connectivity index (χ0v) is 14.2. The van der Waals surface area contributed by atoms with Crippen LogP contribution in [-0.2, 0) is 4.79 Å². The van der Waals surface area contributed by atoms with E-state index in [0.717, 1.165) is 0 Å². The van der Waals surface area contributed by atoms with Crippen molar-refractivity contribution in [2.75, 3.05) is 18.5 Å². The van der Waals surface area contributed by atoms with E-state index < -0.39 is 0 Å². The van der Waals surface area contributed by atoms with Gasteiger partial charge in [-0.05, 0) is 39.8 Å². The van der Waals surface area contributed by atoms with Crippen LogP contribution >= 0.6 is 0 Å². The summed E-state index contributed by atoms with van der Waals surface area (Å²) < 4.78 is 5.48. The summed E-state index contributed by atoms with van der Waals surface area (Å²) in [7, 11) is 0. The molecule has 0 aromatic heterocycles. The van der Waals surface area contributed by atoms with E-state index in [1.807, 2.05) is 39.8 Å². The van der Waals surface area contributed by atoms with Crippen molar-refractivity contribution in [1.82, 2.24) is 10.2 Å². The Morgan fingerprint density at radius 3 is 2.65 bits per heavy atom. The van der Waals surface area contributed by atoms with Gasteiger partial charge in [0.15, 0.2) is 0 Å². The van der Waals surface area contributed by atoms with Crippen molar-refractivity contribution in [3.63, 3.8) is 0 Å². The molecule has 1 saturated heterocycles. The maximum Gasteiger partial charge on any atom is 0.319 e. The molecule has 6 heteroatoms. The van der Waals surface area contributed by atoms with Gasteiger partial charge in [0.25, 0.3) is 0 Å². The SMILES string of the molecule is CCOc1ccccc1NC(=O)NC1CC(=O)N(C(C)(C)C)C1. The monoisotopic (exact) mass is 319 g/mol. The lowest BCUT2D eigenvalue weighted by Gasteiger charge is -2.32. The highest BCUT2D eigenvalue weighted by molar-refractivity contribution is 5.92. The van der Waals surface area contributed by atoms with Crippen LogP contribution in [0, 0.1) is 0 Å². The fourth-order valence-electron chi connectivity index (χ4n) is 2.65. The number of amides is 3. The smallest absolute Gasteiger partial charge is 0.319 e. The average Bonchev–Trinajstić information content (AvgIpc) is 2.82. The molecule has 23 heavy (non-hydrogen) atoms. The molecule has 0 bridgehead atoms. The second-order valence-corrected chi connectivity index (χ2v) is 6.60. The Morgan fingerprint density at radius 2 is 2.04 bits per heavy atom. The molecule has 0 saturated carbocycles. The Balaban J connectivity index is 1.95. The molecule has 1 atom stereocenters. The molecule has 1 unspecified atom stereocenters. The average molecular weight is 319 g/mol. The third-order valence-electron chi connectivity index (χ3n) is 3.71. The van der Waals surface area contributed by atoms with Gasteiger partial charge < -0.3 is 20.3 Å². The highest BCUT2D eigenvalue weighted by Gasteiger charge is 2.36. The topological polar surface area (TPSA) is 70.7 Å². The molecule has 1 aliphatic heterocycles. The molecule has 126 valence electrons. The minimum atomic E-state index is -0.328. The Kier molecular flexibility index (Phi) is 5.13. The van der Waals surface area contributed by atoms with Crippen LogP contribution in [0.3, 0.4) is 0 Å². The van der Waals surface area contributed by atoms with Crippen molar-refractivity contribution < 1.29 is 14.3 Å². The van der Waals surface area contributed by atoms with E-state index in [-0.39, 0.29) is 23.5 Å². The summed E-state index contributed by atoms with van der Waals surface area (Å²) in [5.74, 6) is 0.696. The van der Waals surface area contributed by atoms with E-state index >= 15 is 0 Å². The first-order valence-electron chi connectivity index (χ1n) is 7.91. The molecule has 6 nitrogen and oxygen atoms in total. The molecule has 0 spiro atoms. The fraction of sp³-hybridized carbons (Fsp3) is 0.529. The van der Waals surface area contributed by atoms with Crippen molar-refractivity contribution in [3.05, 3.63) is 24.3 Å². The van der Waals surface area contributed by atoms with Gasteiger partial charge in [-0.1, -0.05) is 12.1 Å². The van der Waals surface area contributed by atoms with E-state index in [9.17, 15) is 9.59 Å². The normalized spacial score (nSPS) is 18.0. The molecule has 2 N–H and O–H groups in total. The molecule has 2 rings (SSSR count). The van der Waals surface area contributed by atoms with Gasteiger partial charge >= 0.3 is 6.03 Å². The predicted molar refractivity (Wildman–Crippen MR) is 89.6 cm³/mol. The van der Waals surface area contributed by atoms with E-state index in [4.69, 9.17) is 4.74 Å². The fourth-order valence-corrected chi connectivity index (χ4v) is 2.65. The van der Waals surface area contributed by atoms with Crippen LogP contribution in [0.5, 0.6) is 5.75 Å². The van der Waals surface area contributed by atoms with Crippen LogP contribution in [-0.4, -0.2) is 41.6 Å². The van der Waals surface area contributed by atoms with Gasteiger partial charge in [0, 0.05) is 18.5 Å². The molecule has 1 heterocycles. The van der Waals surface area contributed by atoms with Gasteiger partial charge in [0.05, 0.1) is 18.3 Å². The molecule has 1 fully saturated rings. The number of nitrogens with one attached hydrogen (secondary N) is 2. The number of carbonyl (C=O) groups excluding carboxylic acids is 2. The number of anilines is 1. The second-order valence-electron chi connectivity index (χ2n) is 6.60. The Morgan fingerprint density at radius 1 is 1.35 bits per heavy atom. The first-order valence-corrected chi connectivity index (χ1v) is 7.91. The van der Waals surface area contributed by atoms with Crippen LogP contribution < -0.4 is 15.4 Å². The number of hydrogen-bond acceptors (Lipinski definition) is 3. The number of urea groups is 1. The maximum atomic E-state index is 12.2. The third-order valence-corrected chi connectivity index (χ3v) is 3.71. The van der Waals surface area contributed by atoms with E-state index in [0.29, 0.717) is 31.0 Å². The number of carbonyl (C=O) groups is 2. The lowest BCUT2D eigenvalue weighted by Crippen LogP contribution is -2.45. The molecule has 1 aliphatic rings. The molecular weight excluding hydrogens is 294 g/mol. The summed E-state index contributed by atoms with van der Waals surface area (Å²) in [6.45, 7) is 8.92. The van der Waals surface area contributed by atoms with Gasteiger partial charge in [-0.3, -0.25) is 4.79 Å². The van der Waals surface area contributed by atoms with E-state index in [1.165, 1.54) is 0 Å². The number of rotatable bonds is 4. The van der Waals surface area contributed by atoms with Gasteiger partial charge in [-0.15, -0.1) is 0 Å². The predicted octanol–water partition coefficient (Wildman–Crippen LogP) is 2.61. The highest BCUT2D eigenvalue weighted by Crippen LogP contribution is 2.24. The summed E-state index contributed by atoms with van der Waals surface area (Å²) >= 11 is 0. The Bertz CT molecular complexity index is 581. The number of nitrogens with zero attached hydrogens (tertiary/aromatic N) is 1. The largest absolute Gasteiger partial charge is 0.492 e. The highest BCUT2D eigenvalue weighted by atomic mass is 16.5. The molecule has 1 aromatic carbocycles. The summed E-state index contributed by atoms with van der Waals surface area (Å²) in [5, 5.41) is 5.65. The van der Waals surface area contributed by atoms with Crippen LogP contribution in [0.2, 0.25) is 0 Å². The summed E-state index contributed by atoms with van der Waals surface area (Å²) in [6, 6.07) is 6.76. The van der Waals surface area contributed by atoms with E-state index in [1.54, 1.807) is 17.0 Å². The van der Waals surface area contributed by atoms with Gasteiger partial charge in [0.1, 0.15) is 5.75 Å². The van der Waals surface area contributed by atoms with Crippen LogP contribution in [0.25, 0.3) is 0 Å². The third kappa shape index (κ3) is 4.37. The minimum absolute atomic E-state index is 0.0671. The molecule has 3 amide bonds. The van der Waals surface area contributed by atoms with Crippen molar-refractivity contribution in [2.24, 2.45) is 0 Å². The quantitative estimate of drug-likeness (QED) is 0.896. The first kappa shape index (κ1) is 17.1. The maximum absolute atomic E-state index is 12.2. The van der Waals surface area contributed by atoms with Crippen LogP contribution in [0.1, 0.15) is 34.1 Å². The number of para-hydroxylation sites is 2. The number of hydrogen-bond donors (Lipinski definition) is 2. The van der Waals surface area contributed by atoms with Gasteiger partial charge in [0.2, 0.25) is 5.91 Å². The van der Waals surface area contributed by atoms with Crippen molar-refractivity contribution >= 4 is 17.6 Å². The molecular formula is C17H25N3O3. The summed E-state index contributed by atoms with van der Waals surface area (Å²) in [4.78, 5) is 26.0. The van der Waals surface area contributed by atoms with Crippen molar-refractivity contribution in [3.8, 4) is 5.75 Å². The van der Waals surface area contributed by atoms with Gasteiger partial charge in [-0.25, -0.2) is 4.79 Å². The lowest BCUT2D eigenvalue weighted by molar-refractivity contribution is -0.131. The number of benzene rings is 1. The molecule has 0 radical (unpaired) electrons. The minimum Gasteiger partial charge on any atom is -0.492 e. The second kappa shape index (κ2) is 6.89. The zero-order valence-electron chi connectivity index (χ0n) is 14.2. The summed E-state index contributed by atoms with van der Waals surface area (Å²) in [6.07, 6.45) is 0.331. The van der Waals surface area contributed by atoms with Crippen molar-refractivity contribution in [1.29, 1.82) is 0 Å². The molecule has 1 aromatic rings. The molecule has 0 aliphatic carbocycles. The summed E-state index contributed by atoms with van der Waals surface area (Å²) in [5.41, 5.74) is 0.384. The lowest BCUT2D eigenvalue weighted by atomic mass is 10.1. The number of ether oxygens (including phenoxy) is 1.